The van der Waals surface area contributed by atoms with Gasteiger partial charge >= 0.3 is 0 Å². The summed E-state index contributed by atoms with van der Waals surface area (Å²) >= 11 is 0. The average Bonchev–Trinajstić information content (AvgIpc) is 2.37. The van der Waals surface area contributed by atoms with E-state index in [1.165, 1.54) is 25.7 Å². The van der Waals surface area contributed by atoms with Crippen molar-refractivity contribution in [3.8, 4) is 0 Å². The Morgan fingerprint density at radius 1 is 1.29 bits per heavy atom. The summed E-state index contributed by atoms with van der Waals surface area (Å²) in [6, 6.07) is 0.762. The van der Waals surface area contributed by atoms with Gasteiger partial charge in [-0.15, -0.1) is 24.0 Å². The Kier molecular flexibility index (Phi) is 9.98. The summed E-state index contributed by atoms with van der Waals surface area (Å²) in [6.45, 7) is 6.63. The van der Waals surface area contributed by atoms with Crippen LogP contribution in [0.1, 0.15) is 46.5 Å². The van der Waals surface area contributed by atoms with Crippen molar-refractivity contribution in [3.63, 3.8) is 0 Å². The molecule has 1 rings (SSSR count). The molecule has 0 aromatic heterocycles. The van der Waals surface area contributed by atoms with Crippen molar-refractivity contribution in [2.24, 2.45) is 10.9 Å². The highest BCUT2D eigenvalue weighted by molar-refractivity contribution is 14.0. The molecule has 1 aliphatic rings. The van der Waals surface area contributed by atoms with Crippen LogP contribution in [0.5, 0.6) is 0 Å². The first-order chi connectivity index (χ1) is 9.40. The van der Waals surface area contributed by atoms with Gasteiger partial charge in [0.05, 0.1) is 0 Å². The van der Waals surface area contributed by atoms with Crippen LogP contribution >= 0.6 is 24.0 Å². The second-order valence-electron chi connectivity index (χ2n) is 6.26. The number of rotatable bonds is 4. The number of hydrogen-bond donors (Lipinski definition) is 2. The minimum atomic E-state index is 0. The fraction of sp³-hybridized carbons (Fsp3) is 0.867. The van der Waals surface area contributed by atoms with Crippen LogP contribution in [-0.4, -0.2) is 49.5 Å². The monoisotopic (exact) mass is 410 g/mol. The number of nitrogens with zero attached hydrogens (tertiary/aromatic N) is 2. The van der Waals surface area contributed by atoms with E-state index in [2.05, 4.69) is 36.4 Å². The van der Waals surface area contributed by atoms with E-state index in [-0.39, 0.29) is 36.4 Å². The summed E-state index contributed by atoms with van der Waals surface area (Å²) in [5.41, 5.74) is 0. The first-order valence-corrected chi connectivity index (χ1v) is 7.67. The predicted octanol–water partition coefficient (Wildman–Crippen LogP) is 2.21. The molecule has 0 bridgehead atoms. The molecule has 1 amide bonds. The minimum absolute atomic E-state index is 0. The highest BCUT2D eigenvalue weighted by Gasteiger charge is 2.22. The molecule has 2 N–H and O–H groups in total. The highest BCUT2D eigenvalue weighted by Crippen LogP contribution is 2.23. The Morgan fingerprint density at radius 2 is 1.90 bits per heavy atom. The summed E-state index contributed by atoms with van der Waals surface area (Å²) in [5.74, 6) is 1.44. The predicted molar refractivity (Wildman–Crippen MR) is 99.2 cm³/mol. The third-order valence-corrected chi connectivity index (χ3v) is 3.73. The van der Waals surface area contributed by atoms with E-state index in [9.17, 15) is 4.79 Å². The van der Waals surface area contributed by atoms with Gasteiger partial charge in [0.1, 0.15) is 6.54 Å². The Hall–Kier alpha value is -0.530. The average molecular weight is 410 g/mol. The van der Waals surface area contributed by atoms with E-state index >= 15 is 0 Å². The number of amides is 1. The Labute approximate surface area is 146 Å². The molecule has 1 aliphatic carbocycles. The van der Waals surface area contributed by atoms with Crippen LogP contribution in [0, 0.1) is 5.92 Å². The number of guanidine groups is 1. The zero-order valence-corrected chi connectivity index (χ0v) is 16.3. The summed E-state index contributed by atoms with van der Waals surface area (Å²) in [4.78, 5) is 17.6. The van der Waals surface area contributed by atoms with Crippen LogP contribution in [0.25, 0.3) is 0 Å². The number of nitrogens with one attached hydrogen (secondary N) is 2. The molecule has 0 spiro atoms. The third kappa shape index (κ3) is 7.87. The number of aliphatic imine (C=N–C) groups is 1. The molecule has 0 aromatic rings. The van der Waals surface area contributed by atoms with Gasteiger partial charge in [0.25, 0.3) is 0 Å². The van der Waals surface area contributed by atoms with Gasteiger partial charge in [0.2, 0.25) is 5.91 Å². The summed E-state index contributed by atoms with van der Waals surface area (Å²) in [6.07, 6.45) is 5.04. The van der Waals surface area contributed by atoms with E-state index in [1.54, 1.807) is 19.0 Å². The molecule has 1 fully saturated rings. The molecule has 21 heavy (non-hydrogen) atoms. The van der Waals surface area contributed by atoms with E-state index in [4.69, 9.17) is 0 Å². The van der Waals surface area contributed by atoms with Crippen LogP contribution in [0.15, 0.2) is 4.99 Å². The largest absolute Gasteiger partial charge is 0.354 e. The fourth-order valence-corrected chi connectivity index (χ4v) is 2.40. The highest BCUT2D eigenvalue weighted by atomic mass is 127. The lowest BCUT2D eigenvalue weighted by Crippen LogP contribution is -2.49. The van der Waals surface area contributed by atoms with Gasteiger partial charge in [0, 0.05) is 26.2 Å². The minimum Gasteiger partial charge on any atom is -0.354 e. The Bertz CT molecular complexity index is 345. The van der Waals surface area contributed by atoms with Crippen molar-refractivity contribution >= 4 is 35.8 Å². The van der Waals surface area contributed by atoms with Gasteiger partial charge in [-0.1, -0.05) is 19.8 Å². The molecular weight excluding hydrogens is 379 g/mol. The molecule has 1 saturated carbocycles. The lowest BCUT2D eigenvalue weighted by Gasteiger charge is -2.31. The lowest BCUT2D eigenvalue weighted by molar-refractivity contribution is -0.127. The Morgan fingerprint density at radius 3 is 2.43 bits per heavy atom. The first-order valence-electron chi connectivity index (χ1n) is 7.67. The van der Waals surface area contributed by atoms with E-state index in [1.807, 2.05) is 0 Å². The quantitative estimate of drug-likeness (QED) is 0.425. The molecule has 2 atom stereocenters. The van der Waals surface area contributed by atoms with E-state index < -0.39 is 0 Å². The number of carbonyl (C=O) groups excluding carboxylic acids is 1. The number of hydrogen-bond acceptors (Lipinski definition) is 2. The van der Waals surface area contributed by atoms with Crippen LogP contribution < -0.4 is 10.6 Å². The summed E-state index contributed by atoms with van der Waals surface area (Å²) in [7, 11) is 3.51. The molecule has 0 radical (unpaired) electrons. The van der Waals surface area contributed by atoms with Crippen LogP contribution in [-0.2, 0) is 4.79 Å². The normalized spacial score (nSPS) is 22.5. The zero-order valence-electron chi connectivity index (χ0n) is 14.0. The second-order valence-corrected chi connectivity index (χ2v) is 6.26. The Balaban J connectivity index is 0.00000400. The maximum atomic E-state index is 11.7. The molecule has 124 valence electrons. The second kappa shape index (κ2) is 10.2. The zero-order chi connectivity index (χ0) is 15.1. The molecular formula is C15H31IN4O. The molecule has 0 aliphatic heterocycles. The molecule has 6 heteroatoms. The van der Waals surface area contributed by atoms with Crippen LogP contribution in [0.3, 0.4) is 0 Å². The molecule has 2 unspecified atom stereocenters. The SMILES string of the molecule is CC(C)NC(=NCC(=O)N(C)C)NC1CCCCC1C.I. The smallest absolute Gasteiger partial charge is 0.243 e. The van der Waals surface area contributed by atoms with Crippen molar-refractivity contribution in [3.05, 3.63) is 0 Å². The summed E-state index contributed by atoms with van der Waals surface area (Å²) < 4.78 is 0. The van der Waals surface area contributed by atoms with Gasteiger partial charge in [-0.2, -0.15) is 0 Å². The van der Waals surface area contributed by atoms with Gasteiger partial charge in [0.15, 0.2) is 5.96 Å². The summed E-state index contributed by atoms with van der Waals surface area (Å²) in [5, 5.41) is 6.81. The van der Waals surface area contributed by atoms with Crippen molar-refractivity contribution in [1.82, 2.24) is 15.5 Å². The molecule has 0 heterocycles. The van der Waals surface area contributed by atoms with Gasteiger partial charge in [-0.05, 0) is 32.6 Å². The van der Waals surface area contributed by atoms with E-state index in [0.717, 1.165) is 5.96 Å². The molecule has 0 aromatic carbocycles. The van der Waals surface area contributed by atoms with Crippen LogP contribution in [0.2, 0.25) is 0 Å². The number of likely N-dealkylation sites (N-methyl/N-ethyl adjacent to an activating group) is 1. The van der Waals surface area contributed by atoms with Gasteiger partial charge < -0.3 is 15.5 Å². The van der Waals surface area contributed by atoms with Crippen molar-refractivity contribution < 1.29 is 4.79 Å². The standard InChI is InChI=1S/C15H30N4O.HI/c1-11(2)17-15(16-10-14(20)19(4)5)18-13-9-7-6-8-12(13)3;/h11-13H,6-10H2,1-5H3,(H2,16,17,18);1H. The van der Waals surface area contributed by atoms with Crippen molar-refractivity contribution in [1.29, 1.82) is 0 Å². The van der Waals surface area contributed by atoms with Gasteiger partial charge in [-0.25, -0.2) is 4.99 Å². The topological polar surface area (TPSA) is 56.7 Å². The van der Waals surface area contributed by atoms with Gasteiger partial charge in [-0.3, -0.25) is 4.79 Å². The third-order valence-electron chi connectivity index (χ3n) is 3.73. The van der Waals surface area contributed by atoms with Crippen LogP contribution in [0.4, 0.5) is 0 Å². The number of halogens is 1. The van der Waals surface area contributed by atoms with E-state index in [0.29, 0.717) is 18.0 Å². The van der Waals surface area contributed by atoms with Crippen molar-refractivity contribution in [2.75, 3.05) is 20.6 Å². The molecule has 0 saturated heterocycles. The lowest BCUT2D eigenvalue weighted by atomic mass is 9.86. The fourth-order valence-electron chi connectivity index (χ4n) is 2.40. The number of carbonyl (C=O) groups is 1. The maximum Gasteiger partial charge on any atom is 0.243 e. The maximum absolute atomic E-state index is 11.7. The first kappa shape index (κ1) is 20.5. The molecule has 5 nitrogen and oxygen atoms in total. The van der Waals surface area contributed by atoms with Crippen molar-refractivity contribution in [2.45, 2.75) is 58.5 Å².